The average molecular weight is 470 g/mol. The van der Waals surface area contributed by atoms with Crippen LogP contribution in [0.15, 0.2) is 41.7 Å². The van der Waals surface area contributed by atoms with Crippen LogP contribution in [0.5, 0.6) is 0 Å². The molecule has 34 heavy (non-hydrogen) atoms. The molecule has 0 aromatic carbocycles. The monoisotopic (exact) mass is 469 g/mol. The molecule has 1 aromatic rings. The summed E-state index contributed by atoms with van der Waals surface area (Å²) in [6.45, 7) is 17.5. The van der Waals surface area contributed by atoms with E-state index in [1.54, 1.807) is 19.2 Å². The predicted octanol–water partition coefficient (Wildman–Crippen LogP) is 4.81. The lowest BCUT2D eigenvalue weighted by molar-refractivity contribution is 0.0599. The van der Waals surface area contributed by atoms with Gasteiger partial charge in [-0.25, -0.2) is 9.38 Å². The number of alkyl halides is 1. The van der Waals surface area contributed by atoms with Gasteiger partial charge in [0.05, 0.1) is 0 Å². The van der Waals surface area contributed by atoms with E-state index in [1.807, 2.05) is 27.9 Å². The van der Waals surface area contributed by atoms with Crippen LogP contribution in [0.1, 0.15) is 53.0 Å². The minimum Gasteiger partial charge on any atom is -0.384 e. The minimum atomic E-state index is -1.03. The zero-order chi connectivity index (χ0) is 26.1. The number of fused-ring (bicyclic) bond motifs is 1. The fraction of sp³-hybridized carbons (Fsp3) is 0.500. The molecule has 0 bridgehead atoms. The first-order chi connectivity index (χ1) is 15.8. The van der Waals surface area contributed by atoms with Crippen molar-refractivity contribution in [3.63, 3.8) is 0 Å². The fourth-order valence-electron chi connectivity index (χ4n) is 4.04. The lowest BCUT2D eigenvalue weighted by Gasteiger charge is -2.45. The van der Waals surface area contributed by atoms with Crippen molar-refractivity contribution >= 4 is 23.8 Å². The van der Waals surface area contributed by atoms with Crippen LogP contribution in [0.3, 0.4) is 0 Å². The number of aromatic nitrogens is 2. The van der Waals surface area contributed by atoms with Crippen molar-refractivity contribution in [2.24, 2.45) is 10.7 Å². The number of hydrogen-bond donors (Lipinski definition) is 3. The summed E-state index contributed by atoms with van der Waals surface area (Å²) < 4.78 is 13.9. The lowest BCUT2D eigenvalue weighted by Crippen LogP contribution is -2.52. The largest absolute Gasteiger partial charge is 0.384 e. The minimum absolute atomic E-state index is 0.0394. The molecule has 186 valence electrons. The van der Waals surface area contributed by atoms with Crippen molar-refractivity contribution in [3.05, 3.63) is 42.3 Å². The van der Waals surface area contributed by atoms with Gasteiger partial charge in [0.2, 0.25) is 5.95 Å². The van der Waals surface area contributed by atoms with Crippen LogP contribution in [0.2, 0.25) is 0 Å². The highest BCUT2D eigenvalue weighted by Crippen LogP contribution is 2.49. The molecule has 0 amide bonds. The second-order valence-corrected chi connectivity index (χ2v) is 9.26. The van der Waals surface area contributed by atoms with Gasteiger partial charge in [-0.1, -0.05) is 38.5 Å². The Morgan fingerprint density at radius 1 is 1.29 bits per heavy atom. The van der Waals surface area contributed by atoms with E-state index in [1.165, 1.54) is 6.08 Å². The van der Waals surface area contributed by atoms with Crippen LogP contribution < -0.4 is 21.3 Å². The Morgan fingerprint density at radius 2 is 1.88 bits per heavy atom. The van der Waals surface area contributed by atoms with Crippen molar-refractivity contribution in [3.8, 4) is 12.3 Å². The molecule has 2 heterocycles. The SMILES string of the molecule is C#CC=C.C=C(C)/C=C(N)\N=C/C.CNc1nc(NC)c2c(n1)N(C1CC(C)(F)C1)CC2(C)C. The zero-order valence-corrected chi connectivity index (χ0v) is 21.7. The Labute approximate surface area is 204 Å². The molecular formula is C26H40FN7. The number of halogens is 1. The molecule has 0 unspecified atom stereocenters. The highest BCUT2D eigenvalue weighted by molar-refractivity contribution is 5.69. The first-order valence-electron chi connectivity index (χ1n) is 11.3. The van der Waals surface area contributed by atoms with Crippen molar-refractivity contribution in [1.82, 2.24) is 9.97 Å². The molecule has 0 atom stereocenters. The summed E-state index contributed by atoms with van der Waals surface area (Å²) in [6.07, 6.45) is 10.6. The summed E-state index contributed by atoms with van der Waals surface area (Å²) in [7, 11) is 3.69. The van der Waals surface area contributed by atoms with Gasteiger partial charge < -0.3 is 21.3 Å². The van der Waals surface area contributed by atoms with Gasteiger partial charge in [0.15, 0.2) is 0 Å². The van der Waals surface area contributed by atoms with Crippen LogP contribution in [0, 0.1) is 12.3 Å². The first kappa shape index (κ1) is 28.7. The number of allylic oxidation sites excluding steroid dienone is 3. The second kappa shape index (κ2) is 12.2. The maximum Gasteiger partial charge on any atom is 0.226 e. The Kier molecular flexibility index (Phi) is 10.3. The van der Waals surface area contributed by atoms with Crippen LogP contribution in [-0.2, 0) is 5.41 Å². The van der Waals surface area contributed by atoms with Gasteiger partial charge in [0.1, 0.15) is 23.1 Å². The van der Waals surface area contributed by atoms with Crippen molar-refractivity contribution in [1.29, 1.82) is 0 Å². The Balaban J connectivity index is 0.000000372. The van der Waals surface area contributed by atoms with E-state index < -0.39 is 5.67 Å². The van der Waals surface area contributed by atoms with Crippen LogP contribution in [0.4, 0.5) is 22.0 Å². The molecule has 1 aliphatic heterocycles. The third-order valence-corrected chi connectivity index (χ3v) is 5.42. The molecule has 0 saturated heterocycles. The number of anilines is 3. The summed E-state index contributed by atoms with van der Waals surface area (Å²) in [6, 6.07) is 0.241. The first-order valence-corrected chi connectivity index (χ1v) is 11.3. The molecule has 1 aromatic heterocycles. The quantitative estimate of drug-likeness (QED) is 0.326. The summed E-state index contributed by atoms with van der Waals surface area (Å²) in [4.78, 5) is 15.2. The Bertz CT molecular complexity index is 962. The number of terminal acetylenes is 1. The second-order valence-electron chi connectivity index (χ2n) is 9.26. The number of rotatable bonds is 5. The predicted molar refractivity (Wildman–Crippen MR) is 144 cm³/mol. The van der Waals surface area contributed by atoms with Crippen molar-refractivity contribution in [2.45, 2.75) is 64.6 Å². The topological polar surface area (TPSA) is 91.5 Å². The molecule has 1 saturated carbocycles. The summed E-state index contributed by atoms with van der Waals surface area (Å²) in [5.74, 6) is 5.11. The molecule has 3 rings (SSSR count). The van der Waals surface area contributed by atoms with Crippen LogP contribution in [-0.4, -0.2) is 48.5 Å². The van der Waals surface area contributed by atoms with E-state index in [0.29, 0.717) is 24.6 Å². The molecule has 1 fully saturated rings. The third-order valence-electron chi connectivity index (χ3n) is 5.42. The van der Waals surface area contributed by atoms with E-state index in [4.69, 9.17) is 5.73 Å². The van der Waals surface area contributed by atoms with Gasteiger partial charge >= 0.3 is 0 Å². The maximum atomic E-state index is 13.9. The number of nitrogens with two attached hydrogens (primary N) is 1. The normalized spacial score (nSPS) is 22.1. The van der Waals surface area contributed by atoms with E-state index in [2.05, 4.69) is 69.8 Å². The highest BCUT2D eigenvalue weighted by Gasteiger charge is 2.49. The molecule has 4 N–H and O–H groups in total. The van der Waals surface area contributed by atoms with E-state index in [0.717, 1.165) is 29.3 Å². The van der Waals surface area contributed by atoms with E-state index in [-0.39, 0.29) is 11.5 Å². The molecular weight excluding hydrogens is 429 g/mol. The highest BCUT2D eigenvalue weighted by atomic mass is 19.1. The average Bonchev–Trinajstić information content (AvgIpc) is 3.02. The van der Waals surface area contributed by atoms with Gasteiger partial charge in [0.25, 0.3) is 0 Å². The third kappa shape index (κ3) is 7.62. The molecule has 8 heteroatoms. The molecule has 0 radical (unpaired) electrons. The summed E-state index contributed by atoms with van der Waals surface area (Å²) in [5, 5.41) is 6.19. The smallest absolute Gasteiger partial charge is 0.226 e. The maximum absolute atomic E-state index is 13.9. The molecule has 2 aliphatic rings. The number of hydrogen-bond acceptors (Lipinski definition) is 7. The Hall–Kier alpha value is -3.34. The van der Waals surface area contributed by atoms with Crippen LogP contribution in [0.25, 0.3) is 0 Å². The standard InChI is InChI=1S/C15H24FN5.C7H12N2.C4H4/c1-14(2)8-21(9-6-15(3,16)7-9)12-10(14)11(17-4)19-13(18-5)20-12;1-4-9-7(8)5-6(2)3;1-3-4-2/h9H,6-8H2,1-5H3,(H2,17,18,19,20);4-5H,2,8H2,1,3H3;1,4H,2H2/b;7-5-,9-4-;. The van der Waals surface area contributed by atoms with Gasteiger partial charge in [-0.15, -0.1) is 6.42 Å². The zero-order valence-electron chi connectivity index (χ0n) is 21.7. The summed E-state index contributed by atoms with van der Waals surface area (Å²) >= 11 is 0. The van der Waals surface area contributed by atoms with Crippen molar-refractivity contribution in [2.75, 3.05) is 36.2 Å². The molecule has 1 aliphatic carbocycles. The van der Waals surface area contributed by atoms with Crippen molar-refractivity contribution < 1.29 is 4.39 Å². The van der Waals surface area contributed by atoms with E-state index in [9.17, 15) is 4.39 Å². The molecule has 7 nitrogen and oxygen atoms in total. The van der Waals surface area contributed by atoms with Gasteiger partial charge in [-0.2, -0.15) is 9.97 Å². The fourth-order valence-corrected chi connectivity index (χ4v) is 4.04. The Morgan fingerprint density at radius 3 is 2.29 bits per heavy atom. The number of nitrogens with zero attached hydrogens (tertiary/aromatic N) is 4. The number of aliphatic imine (C=N–C) groups is 1. The van der Waals surface area contributed by atoms with Crippen LogP contribution >= 0.6 is 0 Å². The van der Waals surface area contributed by atoms with E-state index >= 15 is 0 Å². The number of nitrogens with one attached hydrogen (secondary N) is 2. The summed E-state index contributed by atoms with van der Waals surface area (Å²) in [5.41, 5.74) is 6.37. The van der Waals surface area contributed by atoms with Gasteiger partial charge in [-0.3, -0.25) is 0 Å². The lowest BCUT2D eigenvalue weighted by atomic mass is 9.78. The molecule has 0 spiro atoms. The van der Waals surface area contributed by atoms with Gasteiger partial charge in [-0.05, 0) is 32.9 Å². The van der Waals surface area contributed by atoms with Gasteiger partial charge in [0, 0.05) is 56.7 Å².